The van der Waals surface area contributed by atoms with Gasteiger partial charge in [-0.05, 0) is 35.9 Å². The molecule has 0 saturated carbocycles. The van der Waals surface area contributed by atoms with E-state index in [9.17, 15) is 9.59 Å². The molecule has 0 aromatic heterocycles. The molecule has 0 aliphatic heterocycles. The van der Waals surface area contributed by atoms with Gasteiger partial charge in [-0.2, -0.15) is 0 Å². The lowest BCUT2D eigenvalue weighted by atomic mass is 10.2. The summed E-state index contributed by atoms with van der Waals surface area (Å²) in [5, 5.41) is 0. The van der Waals surface area contributed by atoms with E-state index < -0.39 is 11.9 Å². The first-order chi connectivity index (χ1) is 11.1. The van der Waals surface area contributed by atoms with Crippen LogP contribution < -0.4 is 9.47 Å². The maximum absolute atomic E-state index is 11.9. The molecular formula is C18H16O5. The van der Waals surface area contributed by atoms with E-state index in [1.54, 1.807) is 37.5 Å². The lowest BCUT2D eigenvalue weighted by molar-refractivity contribution is -0.128. The summed E-state index contributed by atoms with van der Waals surface area (Å²) in [5.74, 6) is -0.259. The lowest BCUT2D eigenvalue weighted by Crippen LogP contribution is -2.09. The average Bonchev–Trinajstić information content (AvgIpc) is 2.60. The molecule has 2 aromatic rings. The van der Waals surface area contributed by atoms with E-state index in [1.165, 1.54) is 25.3 Å². The van der Waals surface area contributed by atoms with Crippen LogP contribution >= 0.6 is 0 Å². The predicted molar refractivity (Wildman–Crippen MR) is 85.4 cm³/mol. The third-order valence-corrected chi connectivity index (χ3v) is 3.03. The van der Waals surface area contributed by atoms with Crippen molar-refractivity contribution in [1.29, 1.82) is 0 Å². The molecule has 0 amide bonds. The highest BCUT2D eigenvalue weighted by Gasteiger charge is 2.13. The largest absolute Gasteiger partial charge is 0.497 e. The van der Waals surface area contributed by atoms with Gasteiger partial charge in [-0.25, -0.2) is 9.59 Å². The Morgan fingerprint density at radius 1 is 0.957 bits per heavy atom. The van der Waals surface area contributed by atoms with Gasteiger partial charge >= 0.3 is 11.9 Å². The van der Waals surface area contributed by atoms with Crippen LogP contribution in [-0.2, 0) is 9.53 Å². The van der Waals surface area contributed by atoms with Gasteiger partial charge < -0.3 is 14.2 Å². The third kappa shape index (κ3) is 4.44. The molecule has 0 aliphatic carbocycles. The third-order valence-electron chi connectivity index (χ3n) is 3.03. The minimum absolute atomic E-state index is 0.156. The number of carbonyl (C=O) groups is 2. The van der Waals surface area contributed by atoms with Crippen molar-refractivity contribution in [1.82, 2.24) is 0 Å². The molecule has 0 atom stereocenters. The smallest absolute Gasteiger partial charge is 0.341 e. The molecule has 0 bridgehead atoms. The van der Waals surface area contributed by atoms with Gasteiger partial charge in [0.05, 0.1) is 14.2 Å². The molecule has 0 fully saturated rings. The normalized spacial score (nSPS) is 10.3. The number of para-hydroxylation sites is 1. The van der Waals surface area contributed by atoms with Crippen LogP contribution in [-0.4, -0.2) is 26.2 Å². The molecule has 5 nitrogen and oxygen atoms in total. The number of esters is 2. The molecule has 0 unspecified atom stereocenters. The summed E-state index contributed by atoms with van der Waals surface area (Å²) in [4.78, 5) is 23.5. The minimum Gasteiger partial charge on any atom is -0.497 e. The molecule has 23 heavy (non-hydrogen) atoms. The number of hydrogen-bond donors (Lipinski definition) is 0. The Labute approximate surface area is 134 Å². The molecule has 0 N–H and O–H groups in total. The Morgan fingerprint density at radius 2 is 1.65 bits per heavy atom. The Kier molecular flexibility index (Phi) is 5.52. The summed E-state index contributed by atoms with van der Waals surface area (Å²) in [5.41, 5.74) is 1.02. The van der Waals surface area contributed by atoms with E-state index in [2.05, 4.69) is 4.74 Å². The summed E-state index contributed by atoms with van der Waals surface area (Å²) in [7, 11) is 2.85. The highest BCUT2D eigenvalue weighted by molar-refractivity contribution is 5.95. The topological polar surface area (TPSA) is 61.8 Å². The standard InChI is InChI=1S/C18H16O5/c1-21-14-10-7-13(8-11-14)9-12-17(19)23-16-6-4-3-5-15(16)18(20)22-2/h3-12H,1-2H3. The molecule has 0 aliphatic rings. The number of rotatable bonds is 5. The molecule has 118 valence electrons. The summed E-state index contributed by atoms with van der Waals surface area (Å²) in [6.07, 6.45) is 2.90. The monoisotopic (exact) mass is 312 g/mol. The van der Waals surface area contributed by atoms with Crippen molar-refractivity contribution >= 4 is 18.0 Å². The second-order valence-electron chi connectivity index (χ2n) is 4.52. The van der Waals surface area contributed by atoms with Crippen molar-refractivity contribution in [3.05, 3.63) is 65.7 Å². The molecule has 0 spiro atoms. The Morgan fingerprint density at radius 3 is 2.30 bits per heavy atom. The zero-order valence-corrected chi connectivity index (χ0v) is 12.8. The van der Waals surface area contributed by atoms with E-state index in [-0.39, 0.29) is 11.3 Å². The summed E-state index contributed by atoms with van der Waals surface area (Å²) < 4.78 is 14.9. The van der Waals surface area contributed by atoms with Gasteiger partial charge in [0, 0.05) is 6.08 Å². The highest BCUT2D eigenvalue weighted by Crippen LogP contribution is 2.19. The number of methoxy groups -OCH3 is 2. The number of benzene rings is 2. The van der Waals surface area contributed by atoms with E-state index in [0.717, 1.165) is 11.3 Å². The van der Waals surface area contributed by atoms with Crippen LogP contribution in [0.1, 0.15) is 15.9 Å². The van der Waals surface area contributed by atoms with Gasteiger partial charge in [0.1, 0.15) is 17.1 Å². The SMILES string of the molecule is COC(=O)c1ccccc1OC(=O)C=Cc1ccc(OC)cc1. The van der Waals surface area contributed by atoms with E-state index in [0.29, 0.717) is 0 Å². The van der Waals surface area contributed by atoms with Crippen molar-refractivity contribution in [2.45, 2.75) is 0 Å². The van der Waals surface area contributed by atoms with Crippen molar-refractivity contribution < 1.29 is 23.8 Å². The zero-order valence-electron chi connectivity index (χ0n) is 12.8. The summed E-state index contributed by atoms with van der Waals surface area (Å²) in [6.45, 7) is 0. The molecular weight excluding hydrogens is 296 g/mol. The molecule has 2 rings (SSSR count). The van der Waals surface area contributed by atoms with Gasteiger partial charge in [0.15, 0.2) is 0 Å². The quantitative estimate of drug-likeness (QED) is 0.482. The van der Waals surface area contributed by atoms with E-state index >= 15 is 0 Å². The van der Waals surface area contributed by atoms with Gasteiger partial charge in [-0.1, -0.05) is 24.3 Å². The van der Waals surface area contributed by atoms with Crippen molar-refractivity contribution in [2.24, 2.45) is 0 Å². The summed E-state index contributed by atoms with van der Waals surface area (Å²) >= 11 is 0. The van der Waals surface area contributed by atoms with Crippen molar-refractivity contribution in [3.8, 4) is 11.5 Å². The maximum Gasteiger partial charge on any atom is 0.341 e. The van der Waals surface area contributed by atoms with Crippen LogP contribution in [0, 0.1) is 0 Å². The predicted octanol–water partition coefficient (Wildman–Crippen LogP) is 3.10. The van der Waals surface area contributed by atoms with Crippen LogP contribution in [0.2, 0.25) is 0 Å². The van der Waals surface area contributed by atoms with Crippen molar-refractivity contribution in [3.63, 3.8) is 0 Å². The number of carbonyl (C=O) groups excluding carboxylic acids is 2. The maximum atomic E-state index is 11.9. The van der Waals surface area contributed by atoms with Crippen LogP contribution in [0.3, 0.4) is 0 Å². The fourth-order valence-electron chi connectivity index (χ4n) is 1.86. The Bertz CT molecular complexity index is 716. The number of ether oxygens (including phenoxy) is 3. The van der Waals surface area contributed by atoms with Crippen LogP contribution in [0.5, 0.6) is 11.5 Å². The van der Waals surface area contributed by atoms with Crippen LogP contribution in [0.4, 0.5) is 0 Å². The number of hydrogen-bond acceptors (Lipinski definition) is 5. The Balaban J connectivity index is 2.07. The molecule has 2 aromatic carbocycles. The fraction of sp³-hybridized carbons (Fsp3) is 0.111. The fourth-order valence-corrected chi connectivity index (χ4v) is 1.86. The first-order valence-electron chi connectivity index (χ1n) is 6.85. The molecule has 0 radical (unpaired) electrons. The molecule has 5 heteroatoms. The molecule has 0 saturated heterocycles. The first kappa shape index (κ1) is 16.3. The van der Waals surface area contributed by atoms with Crippen LogP contribution in [0.15, 0.2) is 54.6 Å². The zero-order chi connectivity index (χ0) is 16.7. The Hall–Kier alpha value is -3.08. The average molecular weight is 312 g/mol. The van der Waals surface area contributed by atoms with Gasteiger partial charge in [0.2, 0.25) is 0 Å². The second-order valence-corrected chi connectivity index (χ2v) is 4.52. The van der Waals surface area contributed by atoms with Crippen LogP contribution in [0.25, 0.3) is 6.08 Å². The molecule has 0 heterocycles. The highest BCUT2D eigenvalue weighted by atomic mass is 16.5. The summed E-state index contributed by atoms with van der Waals surface area (Å²) in [6, 6.07) is 13.6. The van der Waals surface area contributed by atoms with E-state index in [1.807, 2.05) is 12.1 Å². The minimum atomic E-state index is -0.586. The lowest BCUT2D eigenvalue weighted by Gasteiger charge is -2.06. The first-order valence-corrected chi connectivity index (χ1v) is 6.85. The van der Waals surface area contributed by atoms with Gasteiger partial charge in [0.25, 0.3) is 0 Å². The second kappa shape index (κ2) is 7.79. The van der Waals surface area contributed by atoms with Gasteiger partial charge in [-0.3, -0.25) is 0 Å². The van der Waals surface area contributed by atoms with Gasteiger partial charge in [-0.15, -0.1) is 0 Å². The van der Waals surface area contributed by atoms with E-state index in [4.69, 9.17) is 9.47 Å². The van der Waals surface area contributed by atoms with Crippen molar-refractivity contribution in [2.75, 3.05) is 14.2 Å².